The van der Waals surface area contributed by atoms with Gasteiger partial charge in [-0.1, -0.05) is 43.3 Å². The number of ketones is 1. The molecule has 2 aromatic carbocycles. The Balaban J connectivity index is 0.00000225. The molecule has 0 saturated carbocycles. The molecule has 2 aliphatic rings. The summed E-state index contributed by atoms with van der Waals surface area (Å²) in [6.07, 6.45) is 2.88. The van der Waals surface area contributed by atoms with Crippen molar-refractivity contribution in [2.75, 3.05) is 26.2 Å². The largest absolute Gasteiger partial charge is 0.486 e. The summed E-state index contributed by atoms with van der Waals surface area (Å²) in [4.78, 5) is 15.2. The molecule has 2 aromatic rings. The zero-order valence-corrected chi connectivity index (χ0v) is 17.1. The first-order chi connectivity index (χ1) is 13.2. The van der Waals surface area contributed by atoms with Crippen molar-refractivity contribution in [2.45, 2.75) is 32.3 Å². The van der Waals surface area contributed by atoms with Gasteiger partial charge in [-0.3, -0.25) is 9.69 Å². The van der Waals surface area contributed by atoms with E-state index in [1.807, 2.05) is 36.4 Å². The van der Waals surface area contributed by atoms with Crippen molar-refractivity contribution in [1.29, 1.82) is 0 Å². The maximum atomic E-state index is 12.8. The second kappa shape index (κ2) is 9.44. The lowest BCUT2D eigenvalue weighted by atomic mass is 9.88. The van der Waals surface area contributed by atoms with E-state index in [1.165, 1.54) is 5.56 Å². The summed E-state index contributed by atoms with van der Waals surface area (Å²) >= 11 is 0. The van der Waals surface area contributed by atoms with E-state index in [-0.39, 0.29) is 24.4 Å². The molecule has 1 saturated heterocycles. The smallest absolute Gasteiger partial charge is 0.166 e. The average Bonchev–Trinajstić information content (AvgIpc) is 2.74. The molecule has 0 aromatic heterocycles. The summed E-state index contributed by atoms with van der Waals surface area (Å²) in [5.74, 6) is 2.09. The number of hydrogen-bond acceptors (Lipinski definition) is 4. The number of rotatable bonds is 5. The van der Waals surface area contributed by atoms with Crippen molar-refractivity contribution in [2.24, 2.45) is 5.92 Å². The maximum Gasteiger partial charge on any atom is 0.166 e. The number of carbonyl (C=O) groups is 1. The number of carbonyl (C=O) groups excluding carboxylic acids is 1. The summed E-state index contributed by atoms with van der Waals surface area (Å²) in [6, 6.07) is 15.9. The number of likely N-dealkylation sites (tertiary alicyclic amines) is 1. The Bertz CT molecular complexity index is 785. The topological polar surface area (TPSA) is 38.8 Å². The van der Waals surface area contributed by atoms with Gasteiger partial charge in [0.15, 0.2) is 17.3 Å². The average molecular weight is 402 g/mol. The van der Waals surface area contributed by atoms with Crippen molar-refractivity contribution in [3.8, 4) is 11.5 Å². The number of halogens is 1. The number of ether oxygens (including phenoxy) is 2. The van der Waals surface area contributed by atoms with E-state index in [0.29, 0.717) is 12.4 Å². The van der Waals surface area contributed by atoms with E-state index in [9.17, 15) is 4.79 Å². The molecule has 1 fully saturated rings. The molecular formula is C23H28ClNO3. The van der Waals surface area contributed by atoms with E-state index >= 15 is 0 Å². The van der Waals surface area contributed by atoms with Gasteiger partial charge in [0.05, 0.1) is 0 Å². The monoisotopic (exact) mass is 401 g/mol. The number of aryl methyl sites for hydroxylation is 1. The van der Waals surface area contributed by atoms with E-state index < -0.39 is 0 Å². The Labute approximate surface area is 173 Å². The van der Waals surface area contributed by atoms with Crippen LogP contribution in [0.15, 0.2) is 48.5 Å². The second-order valence-electron chi connectivity index (χ2n) is 7.49. The van der Waals surface area contributed by atoms with Crippen LogP contribution < -0.4 is 9.47 Å². The molecule has 0 N–H and O–H groups in total. The van der Waals surface area contributed by atoms with E-state index in [1.54, 1.807) is 0 Å². The SMILES string of the molecule is CCc1ccc(C(=O)C2CCN(CC3COc4ccccc4O3)CC2)cc1.Cl. The third-order valence-electron chi connectivity index (χ3n) is 5.63. The van der Waals surface area contributed by atoms with Gasteiger partial charge in [-0.15, -0.1) is 12.4 Å². The van der Waals surface area contributed by atoms with Gasteiger partial charge < -0.3 is 9.47 Å². The molecule has 1 atom stereocenters. The fraction of sp³-hybridized carbons (Fsp3) is 0.435. The molecule has 4 nitrogen and oxygen atoms in total. The second-order valence-corrected chi connectivity index (χ2v) is 7.49. The molecule has 0 spiro atoms. The number of hydrogen-bond donors (Lipinski definition) is 0. The molecule has 0 radical (unpaired) electrons. The fourth-order valence-corrected chi connectivity index (χ4v) is 3.96. The summed E-state index contributed by atoms with van der Waals surface area (Å²) in [6.45, 7) is 5.43. The predicted molar refractivity (Wildman–Crippen MR) is 113 cm³/mol. The first-order valence-corrected chi connectivity index (χ1v) is 9.97. The molecule has 1 unspecified atom stereocenters. The molecule has 5 heteroatoms. The summed E-state index contributed by atoms with van der Waals surface area (Å²) in [7, 11) is 0. The maximum absolute atomic E-state index is 12.8. The number of piperidine rings is 1. The van der Waals surface area contributed by atoms with Gasteiger partial charge in [0.2, 0.25) is 0 Å². The fourth-order valence-electron chi connectivity index (χ4n) is 3.96. The Morgan fingerprint density at radius 2 is 1.71 bits per heavy atom. The van der Waals surface area contributed by atoms with Gasteiger partial charge in [0.1, 0.15) is 12.7 Å². The van der Waals surface area contributed by atoms with Gasteiger partial charge in [-0.2, -0.15) is 0 Å². The highest BCUT2D eigenvalue weighted by Gasteiger charge is 2.29. The lowest BCUT2D eigenvalue weighted by molar-refractivity contribution is 0.0462. The predicted octanol–water partition coefficient (Wildman–Crippen LogP) is 4.41. The number of para-hydroxylation sites is 2. The Morgan fingerprint density at radius 3 is 2.39 bits per heavy atom. The van der Waals surface area contributed by atoms with Crippen LogP contribution in [0.3, 0.4) is 0 Å². The Hall–Kier alpha value is -2.04. The van der Waals surface area contributed by atoms with Gasteiger partial charge in [-0.25, -0.2) is 0 Å². The first kappa shape index (κ1) is 20.7. The summed E-state index contributed by atoms with van der Waals surface area (Å²) in [5.41, 5.74) is 2.13. The van der Waals surface area contributed by atoms with Crippen LogP contribution in [0.2, 0.25) is 0 Å². The quantitative estimate of drug-likeness (QED) is 0.696. The van der Waals surface area contributed by atoms with E-state index in [2.05, 4.69) is 24.0 Å². The van der Waals surface area contributed by atoms with Crippen LogP contribution in [0, 0.1) is 5.92 Å². The van der Waals surface area contributed by atoms with Crippen molar-refractivity contribution in [3.63, 3.8) is 0 Å². The first-order valence-electron chi connectivity index (χ1n) is 9.97. The zero-order chi connectivity index (χ0) is 18.6. The Morgan fingerprint density at radius 1 is 1.04 bits per heavy atom. The number of benzene rings is 2. The molecule has 0 bridgehead atoms. The van der Waals surface area contributed by atoms with Gasteiger partial charge >= 0.3 is 0 Å². The van der Waals surface area contributed by atoms with Crippen LogP contribution in [0.1, 0.15) is 35.7 Å². The zero-order valence-electron chi connectivity index (χ0n) is 16.3. The molecule has 2 heterocycles. The van der Waals surface area contributed by atoms with Crippen molar-refractivity contribution in [1.82, 2.24) is 4.90 Å². The van der Waals surface area contributed by atoms with Crippen molar-refractivity contribution >= 4 is 18.2 Å². The van der Waals surface area contributed by atoms with Crippen LogP contribution >= 0.6 is 12.4 Å². The lowest BCUT2D eigenvalue weighted by Gasteiger charge is -2.35. The number of Topliss-reactive ketones (excluding diaryl/α,β-unsaturated/α-hetero) is 1. The number of fused-ring (bicyclic) bond motifs is 1. The van der Waals surface area contributed by atoms with Crippen LogP contribution in [-0.2, 0) is 6.42 Å². The lowest BCUT2D eigenvalue weighted by Crippen LogP contribution is -2.45. The molecule has 0 amide bonds. The van der Waals surface area contributed by atoms with E-state index in [4.69, 9.17) is 9.47 Å². The van der Waals surface area contributed by atoms with Gasteiger partial charge in [0, 0.05) is 18.0 Å². The van der Waals surface area contributed by atoms with Gasteiger partial charge in [-0.05, 0) is 50.0 Å². The highest BCUT2D eigenvalue weighted by atomic mass is 35.5. The van der Waals surface area contributed by atoms with Crippen LogP contribution in [-0.4, -0.2) is 43.0 Å². The minimum Gasteiger partial charge on any atom is -0.486 e. The van der Waals surface area contributed by atoms with Crippen LogP contribution in [0.4, 0.5) is 0 Å². The third kappa shape index (κ3) is 4.68. The van der Waals surface area contributed by atoms with E-state index in [0.717, 1.165) is 56.0 Å². The van der Waals surface area contributed by atoms with Crippen LogP contribution in [0.5, 0.6) is 11.5 Å². The van der Waals surface area contributed by atoms with Crippen molar-refractivity contribution < 1.29 is 14.3 Å². The van der Waals surface area contributed by atoms with Gasteiger partial charge in [0.25, 0.3) is 0 Å². The highest BCUT2D eigenvalue weighted by molar-refractivity contribution is 5.97. The Kier molecular flexibility index (Phi) is 6.97. The molecular weight excluding hydrogens is 374 g/mol. The summed E-state index contributed by atoms with van der Waals surface area (Å²) < 4.78 is 11.9. The van der Waals surface area contributed by atoms with Crippen LogP contribution in [0.25, 0.3) is 0 Å². The standard InChI is InChI=1S/C23H27NO3.ClH/c1-2-17-7-9-18(10-8-17)23(25)19-11-13-24(14-12-19)15-20-16-26-21-5-3-4-6-22(21)27-20;/h3-10,19-20H,2,11-16H2,1H3;1H. The molecule has 150 valence electrons. The normalized spacial score (nSPS) is 19.7. The molecule has 4 rings (SSSR count). The number of nitrogens with zero attached hydrogens (tertiary/aromatic N) is 1. The third-order valence-corrected chi connectivity index (χ3v) is 5.63. The molecule has 28 heavy (non-hydrogen) atoms. The molecule has 2 aliphatic heterocycles. The highest BCUT2D eigenvalue weighted by Crippen LogP contribution is 2.31. The van der Waals surface area contributed by atoms with Crippen molar-refractivity contribution in [3.05, 3.63) is 59.7 Å². The minimum absolute atomic E-state index is 0. The minimum atomic E-state index is 0. The summed E-state index contributed by atoms with van der Waals surface area (Å²) in [5, 5.41) is 0. The molecule has 0 aliphatic carbocycles.